The standard InChI is InChI=1S/C15H26F2N2O2S/c1-11(19-6-8-22-9-7-19)14(21)18-13(10-20)12-2-4-15(16,17)5-3-12/h11-13,20H,2-10H2,1H3,(H,18,21). The molecule has 4 nitrogen and oxygen atoms in total. The lowest BCUT2D eigenvalue weighted by molar-refractivity contribution is -0.127. The van der Waals surface area contributed by atoms with E-state index in [4.69, 9.17) is 0 Å². The van der Waals surface area contributed by atoms with E-state index in [1.807, 2.05) is 18.7 Å². The van der Waals surface area contributed by atoms with E-state index in [0.29, 0.717) is 12.8 Å². The Bertz CT molecular complexity index is 369. The third-order valence-corrected chi connectivity index (χ3v) is 5.77. The number of hydrogen-bond acceptors (Lipinski definition) is 4. The molecule has 2 aliphatic rings. The number of halogens is 2. The third kappa shape index (κ3) is 4.80. The van der Waals surface area contributed by atoms with Crippen molar-refractivity contribution in [2.75, 3.05) is 31.2 Å². The predicted octanol–water partition coefficient (Wildman–Crippen LogP) is 1.73. The molecule has 0 spiro atoms. The fraction of sp³-hybridized carbons (Fsp3) is 0.933. The minimum Gasteiger partial charge on any atom is -0.394 e. The molecule has 1 saturated carbocycles. The van der Waals surface area contributed by atoms with Crippen molar-refractivity contribution in [3.05, 3.63) is 0 Å². The molecule has 1 heterocycles. The molecule has 2 fully saturated rings. The van der Waals surface area contributed by atoms with Gasteiger partial charge in [-0.25, -0.2) is 8.78 Å². The molecule has 2 unspecified atom stereocenters. The number of nitrogens with one attached hydrogen (secondary N) is 1. The smallest absolute Gasteiger partial charge is 0.248 e. The molecule has 0 aromatic carbocycles. The summed E-state index contributed by atoms with van der Waals surface area (Å²) >= 11 is 1.88. The molecule has 7 heteroatoms. The normalized spacial score (nSPS) is 26.4. The third-order valence-electron chi connectivity index (χ3n) is 4.83. The van der Waals surface area contributed by atoms with E-state index in [0.717, 1.165) is 24.6 Å². The maximum Gasteiger partial charge on any atom is 0.248 e. The van der Waals surface area contributed by atoms with Crippen LogP contribution in [0.5, 0.6) is 0 Å². The van der Waals surface area contributed by atoms with Crippen LogP contribution in [0.25, 0.3) is 0 Å². The van der Waals surface area contributed by atoms with Crippen LogP contribution in [-0.2, 0) is 4.79 Å². The van der Waals surface area contributed by atoms with Gasteiger partial charge < -0.3 is 10.4 Å². The molecule has 1 aliphatic heterocycles. The first-order valence-electron chi connectivity index (χ1n) is 8.04. The summed E-state index contributed by atoms with van der Waals surface area (Å²) in [7, 11) is 0. The SMILES string of the molecule is CC(C(=O)NC(CO)C1CCC(F)(F)CC1)N1CCSCC1. The molecule has 0 bridgehead atoms. The van der Waals surface area contributed by atoms with Crippen LogP contribution in [-0.4, -0.2) is 65.1 Å². The van der Waals surface area contributed by atoms with Crippen molar-refractivity contribution in [3.63, 3.8) is 0 Å². The first-order chi connectivity index (χ1) is 10.4. The van der Waals surface area contributed by atoms with Crippen LogP contribution in [0.3, 0.4) is 0 Å². The van der Waals surface area contributed by atoms with Gasteiger partial charge in [0.2, 0.25) is 11.8 Å². The van der Waals surface area contributed by atoms with Gasteiger partial charge in [-0.1, -0.05) is 0 Å². The predicted molar refractivity (Wildman–Crippen MR) is 84.3 cm³/mol. The van der Waals surface area contributed by atoms with E-state index < -0.39 is 12.0 Å². The monoisotopic (exact) mass is 336 g/mol. The molecule has 1 amide bonds. The summed E-state index contributed by atoms with van der Waals surface area (Å²) in [6.45, 7) is 3.46. The average Bonchev–Trinajstić information content (AvgIpc) is 2.53. The topological polar surface area (TPSA) is 52.6 Å². The summed E-state index contributed by atoms with van der Waals surface area (Å²) in [6, 6.07) is -0.648. The summed E-state index contributed by atoms with van der Waals surface area (Å²) < 4.78 is 26.4. The van der Waals surface area contributed by atoms with Crippen LogP contribution < -0.4 is 5.32 Å². The second-order valence-corrected chi connectivity index (χ2v) is 7.54. The second kappa shape index (κ2) is 7.93. The van der Waals surface area contributed by atoms with E-state index in [1.165, 1.54) is 0 Å². The van der Waals surface area contributed by atoms with Gasteiger partial charge >= 0.3 is 0 Å². The minimum absolute atomic E-state index is 0.0577. The largest absolute Gasteiger partial charge is 0.394 e. The van der Waals surface area contributed by atoms with Crippen molar-refractivity contribution in [3.8, 4) is 0 Å². The lowest BCUT2D eigenvalue weighted by Crippen LogP contribution is -2.53. The molecule has 22 heavy (non-hydrogen) atoms. The molecular formula is C15H26F2N2O2S. The van der Waals surface area contributed by atoms with E-state index in [9.17, 15) is 18.7 Å². The van der Waals surface area contributed by atoms with E-state index in [-0.39, 0.29) is 37.3 Å². The molecule has 0 aromatic rings. The second-order valence-electron chi connectivity index (χ2n) is 6.32. The highest BCUT2D eigenvalue weighted by Gasteiger charge is 2.38. The van der Waals surface area contributed by atoms with Crippen molar-refractivity contribution in [2.24, 2.45) is 5.92 Å². The van der Waals surface area contributed by atoms with Crippen molar-refractivity contribution >= 4 is 17.7 Å². The molecule has 2 rings (SSSR count). The Morgan fingerprint density at radius 2 is 1.95 bits per heavy atom. The highest BCUT2D eigenvalue weighted by atomic mass is 32.2. The Hall–Kier alpha value is -0.400. The molecule has 2 atom stereocenters. The van der Waals surface area contributed by atoms with Crippen molar-refractivity contribution in [2.45, 2.75) is 50.6 Å². The number of carbonyl (C=O) groups is 1. The summed E-state index contributed by atoms with van der Waals surface area (Å²) in [5, 5.41) is 12.4. The molecule has 1 aliphatic carbocycles. The Kier molecular flexibility index (Phi) is 6.46. The Labute approximate surface area is 135 Å². The zero-order valence-corrected chi connectivity index (χ0v) is 13.9. The summed E-state index contributed by atoms with van der Waals surface area (Å²) in [4.78, 5) is 14.5. The number of aliphatic hydroxyl groups excluding tert-OH is 1. The summed E-state index contributed by atoms with van der Waals surface area (Å²) in [5.74, 6) is -0.697. The number of alkyl halides is 2. The lowest BCUT2D eigenvalue weighted by atomic mass is 9.82. The first kappa shape index (κ1) is 17.9. The Morgan fingerprint density at radius 3 is 2.50 bits per heavy atom. The maximum absolute atomic E-state index is 13.2. The fourth-order valence-electron chi connectivity index (χ4n) is 3.21. The highest BCUT2D eigenvalue weighted by Crippen LogP contribution is 2.37. The van der Waals surface area contributed by atoms with Gasteiger partial charge in [0.15, 0.2) is 0 Å². The number of thioether (sulfide) groups is 1. The van der Waals surface area contributed by atoms with Crippen LogP contribution in [0.4, 0.5) is 8.78 Å². The van der Waals surface area contributed by atoms with Gasteiger partial charge in [-0.2, -0.15) is 11.8 Å². The number of amides is 1. The fourth-order valence-corrected chi connectivity index (χ4v) is 4.14. The maximum atomic E-state index is 13.2. The van der Waals surface area contributed by atoms with Gasteiger partial charge in [0.25, 0.3) is 0 Å². The van der Waals surface area contributed by atoms with Gasteiger partial charge in [-0.15, -0.1) is 0 Å². The molecule has 128 valence electrons. The van der Waals surface area contributed by atoms with Crippen LogP contribution in [0.15, 0.2) is 0 Å². The number of aliphatic hydroxyl groups is 1. The molecule has 1 saturated heterocycles. The van der Waals surface area contributed by atoms with E-state index in [2.05, 4.69) is 10.2 Å². The zero-order valence-electron chi connectivity index (χ0n) is 13.1. The molecule has 0 radical (unpaired) electrons. The number of carbonyl (C=O) groups excluding carboxylic acids is 1. The van der Waals surface area contributed by atoms with E-state index in [1.54, 1.807) is 0 Å². The van der Waals surface area contributed by atoms with Crippen molar-refractivity contribution in [1.29, 1.82) is 0 Å². The Morgan fingerprint density at radius 1 is 1.36 bits per heavy atom. The van der Waals surface area contributed by atoms with Crippen LogP contribution >= 0.6 is 11.8 Å². The molecule has 2 N–H and O–H groups in total. The minimum atomic E-state index is -2.58. The van der Waals surface area contributed by atoms with Crippen LogP contribution in [0.2, 0.25) is 0 Å². The number of nitrogens with zero attached hydrogens (tertiary/aromatic N) is 1. The molecule has 0 aromatic heterocycles. The lowest BCUT2D eigenvalue weighted by Gasteiger charge is -2.35. The van der Waals surface area contributed by atoms with Gasteiger partial charge in [-0.05, 0) is 25.7 Å². The van der Waals surface area contributed by atoms with Gasteiger partial charge in [0.1, 0.15) is 0 Å². The van der Waals surface area contributed by atoms with Crippen molar-refractivity contribution in [1.82, 2.24) is 10.2 Å². The van der Waals surface area contributed by atoms with Gasteiger partial charge in [0, 0.05) is 37.4 Å². The van der Waals surface area contributed by atoms with E-state index >= 15 is 0 Å². The first-order valence-corrected chi connectivity index (χ1v) is 9.19. The summed E-state index contributed by atoms with van der Waals surface area (Å²) in [5.41, 5.74) is 0. The Balaban J connectivity index is 1.85. The molecular weight excluding hydrogens is 310 g/mol. The van der Waals surface area contributed by atoms with Crippen LogP contribution in [0, 0.1) is 5.92 Å². The number of rotatable bonds is 5. The number of hydrogen-bond donors (Lipinski definition) is 2. The zero-order chi connectivity index (χ0) is 16.2. The van der Waals surface area contributed by atoms with Gasteiger partial charge in [0.05, 0.1) is 18.7 Å². The van der Waals surface area contributed by atoms with Crippen molar-refractivity contribution < 1.29 is 18.7 Å². The average molecular weight is 336 g/mol. The quantitative estimate of drug-likeness (QED) is 0.803. The summed E-state index contributed by atoms with van der Waals surface area (Å²) in [6.07, 6.45) is 0.409. The van der Waals surface area contributed by atoms with Gasteiger partial charge in [-0.3, -0.25) is 9.69 Å². The highest BCUT2D eigenvalue weighted by molar-refractivity contribution is 7.99. The van der Waals surface area contributed by atoms with Crippen LogP contribution in [0.1, 0.15) is 32.6 Å².